The summed E-state index contributed by atoms with van der Waals surface area (Å²) in [5, 5.41) is 18.7. The number of carboxylic acid groups (broad SMARTS) is 2. The second kappa shape index (κ2) is 6.92. The molecule has 0 heterocycles. The lowest BCUT2D eigenvalue weighted by molar-refractivity contribution is -0.151. The molecule has 0 aromatic heterocycles. The molecule has 0 spiro atoms. The van der Waals surface area contributed by atoms with Gasteiger partial charge in [0.15, 0.2) is 0 Å². The molecule has 4 nitrogen and oxygen atoms in total. The second-order valence-electron chi connectivity index (χ2n) is 6.90. The molecule has 0 radical (unpaired) electrons. The highest BCUT2D eigenvalue weighted by atomic mass is 16.4. The van der Waals surface area contributed by atoms with Crippen molar-refractivity contribution in [2.75, 3.05) is 0 Å². The van der Waals surface area contributed by atoms with Crippen LogP contribution in [0.2, 0.25) is 0 Å². The van der Waals surface area contributed by atoms with Crippen LogP contribution in [0.15, 0.2) is 0 Å². The lowest BCUT2D eigenvalue weighted by atomic mass is 9.68. The maximum absolute atomic E-state index is 11.5. The first-order valence-electron chi connectivity index (χ1n) is 6.94. The highest BCUT2D eigenvalue weighted by Crippen LogP contribution is 2.39. The summed E-state index contributed by atoms with van der Waals surface area (Å²) in [4.78, 5) is 22.7. The van der Waals surface area contributed by atoms with Crippen LogP contribution in [0, 0.1) is 29.1 Å². The first kappa shape index (κ1) is 17.9. The Bertz CT molecular complexity index is 318. The van der Waals surface area contributed by atoms with E-state index in [0.717, 1.165) is 0 Å². The third-order valence-electron chi connectivity index (χ3n) is 3.82. The average molecular weight is 272 g/mol. The quantitative estimate of drug-likeness (QED) is 0.709. The Hall–Kier alpha value is -1.06. The van der Waals surface area contributed by atoms with Crippen LogP contribution < -0.4 is 0 Å². The number of rotatable bonds is 8. The van der Waals surface area contributed by atoms with Gasteiger partial charge in [-0.1, -0.05) is 41.5 Å². The van der Waals surface area contributed by atoms with Crippen molar-refractivity contribution in [2.24, 2.45) is 29.1 Å². The molecule has 0 aromatic rings. The molecule has 0 aliphatic rings. The average Bonchev–Trinajstić information content (AvgIpc) is 2.21. The van der Waals surface area contributed by atoms with Gasteiger partial charge in [-0.3, -0.25) is 9.59 Å². The van der Waals surface area contributed by atoms with E-state index < -0.39 is 29.2 Å². The minimum absolute atomic E-state index is 0.00488. The van der Waals surface area contributed by atoms with Gasteiger partial charge in [0.25, 0.3) is 0 Å². The fourth-order valence-corrected chi connectivity index (χ4v) is 2.54. The van der Waals surface area contributed by atoms with Gasteiger partial charge in [-0.15, -0.1) is 0 Å². The van der Waals surface area contributed by atoms with Crippen LogP contribution in [0.1, 0.15) is 54.4 Å². The number of hydrogen-bond donors (Lipinski definition) is 2. The normalized spacial score (nSPS) is 15.6. The van der Waals surface area contributed by atoms with E-state index >= 15 is 0 Å². The SMILES string of the molecule is CC(C)CC(C(=O)O)C(C)(C)CC(C(=O)O)C(C)C. The van der Waals surface area contributed by atoms with E-state index in [1.54, 1.807) is 0 Å². The molecule has 0 saturated carbocycles. The summed E-state index contributed by atoms with van der Waals surface area (Å²) in [6.07, 6.45) is 0.969. The van der Waals surface area contributed by atoms with Crippen molar-refractivity contribution in [1.29, 1.82) is 0 Å². The summed E-state index contributed by atoms with van der Waals surface area (Å²) in [7, 11) is 0. The lowest BCUT2D eigenvalue weighted by Gasteiger charge is -2.35. The van der Waals surface area contributed by atoms with E-state index in [9.17, 15) is 19.8 Å². The van der Waals surface area contributed by atoms with Gasteiger partial charge in [-0.2, -0.15) is 0 Å². The lowest BCUT2D eigenvalue weighted by Crippen LogP contribution is -2.36. The van der Waals surface area contributed by atoms with Crippen molar-refractivity contribution >= 4 is 11.9 Å². The van der Waals surface area contributed by atoms with Crippen molar-refractivity contribution in [3.05, 3.63) is 0 Å². The Kier molecular flexibility index (Phi) is 6.53. The smallest absolute Gasteiger partial charge is 0.307 e. The van der Waals surface area contributed by atoms with Gasteiger partial charge in [0, 0.05) is 0 Å². The Balaban J connectivity index is 5.08. The van der Waals surface area contributed by atoms with Crippen LogP contribution in [-0.2, 0) is 9.59 Å². The molecule has 112 valence electrons. The molecule has 0 aromatic carbocycles. The topological polar surface area (TPSA) is 74.6 Å². The first-order valence-corrected chi connectivity index (χ1v) is 6.94. The van der Waals surface area contributed by atoms with Crippen LogP contribution in [-0.4, -0.2) is 22.2 Å². The fraction of sp³-hybridized carbons (Fsp3) is 0.867. The van der Waals surface area contributed by atoms with Crippen molar-refractivity contribution in [2.45, 2.75) is 54.4 Å². The monoisotopic (exact) mass is 272 g/mol. The van der Waals surface area contributed by atoms with Crippen LogP contribution in [0.4, 0.5) is 0 Å². The molecule has 0 rings (SSSR count). The third-order valence-corrected chi connectivity index (χ3v) is 3.82. The van der Waals surface area contributed by atoms with Crippen molar-refractivity contribution in [3.8, 4) is 0 Å². The van der Waals surface area contributed by atoms with Gasteiger partial charge in [0.2, 0.25) is 0 Å². The molecule has 0 bridgehead atoms. The van der Waals surface area contributed by atoms with Crippen LogP contribution in [0.3, 0.4) is 0 Å². The number of aliphatic carboxylic acids is 2. The predicted molar refractivity (Wildman–Crippen MR) is 74.9 cm³/mol. The number of hydrogen-bond acceptors (Lipinski definition) is 2. The highest BCUT2D eigenvalue weighted by Gasteiger charge is 2.39. The van der Waals surface area contributed by atoms with Crippen molar-refractivity contribution in [1.82, 2.24) is 0 Å². The van der Waals surface area contributed by atoms with Gasteiger partial charge in [0.1, 0.15) is 0 Å². The van der Waals surface area contributed by atoms with Crippen LogP contribution >= 0.6 is 0 Å². The fourth-order valence-electron chi connectivity index (χ4n) is 2.54. The number of carbonyl (C=O) groups is 2. The van der Waals surface area contributed by atoms with E-state index in [0.29, 0.717) is 12.8 Å². The standard InChI is InChI=1S/C15H28O4/c1-9(2)7-12(14(18)19)15(5,6)8-11(10(3)4)13(16)17/h9-12H,7-8H2,1-6H3,(H,16,17)(H,18,19). The third kappa shape index (κ3) is 5.62. The van der Waals surface area contributed by atoms with Gasteiger partial charge < -0.3 is 10.2 Å². The molecule has 19 heavy (non-hydrogen) atoms. The molecule has 4 heteroatoms. The second-order valence-corrected chi connectivity index (χ2v) is 6.90. The zero-order chi connectivity index (χ0) is 15.4. The summed E-state index contributed by atoms with van der Waals surface area (Å²) in [6.45, 7) is 11.4. The first-order chi connectivity index (χ1) is 8.49. The van der Waals surface area contributed by atoms with Crippen LogP contribution in [0.25, 0.3) is 0 Å². The Morgan fingerprint density at radius 1 is 1.00 bits per heavy atom. The maximum Gasteiger partial charge on any atom is 0.307 e. The molecule has 0 saturated heterocycles. The molecule has 0 aliphatic heterocycles. The molecule has 2 atom stereocenters. The molecule has 2 N–H and O–H groups in total. The maximum atomic E-state index is 11.5. The van der Waals surface area contributed by atoms with Crippen molar-refractivity contribution in [3.63, 3.8) is 0 Å². The number of carboxylic acids is 2. The Morgan fingerprint density at radius 3 is 1.74 bits per heavy atom. The summed E-state index contributed by atoms with van der Waals surface area (Å²) < 4.78 is 0. The largest absolute Gasteiger partial charge is 0.481 e. The Morgan fingerprint density at radius 2 is 1.47 bits per heavy atom. The van der Waals surface area contributed by atoms with Crippen molar-refractivity contribution < 1.29 is 19.8 Å². The van der Waals surface area contributed by atoms with Crippen LogP contribution in [0.5, 0.6) is 0 Å². The molecule has 0 fully saturated rings. The minimum Gasteiger partial charge on any atom is -0.481 e. The Labute approximate surface area is 116 Å². The summed E-state index contributed by atoms with van der Waals surface area (Å²) in [5.74, 6) is -2.38. The minimum atomic E-state index is -0.836. The molecule has 0 aliphatic carbocycles. The van der Waals surface area contributed by atoms with E-state index in [-0.39, 0.29) is 11.8 Å². The molecular formula is C15H28O4. The highest BCUT2D eigenvalue weighted by molar-refractivity contribution is 5.72. The van der Waals surface area contributed by atoms with E-state index in [2.05, 4.69) is 0 Å². The van der Waals surface area contributed by atoms with Gasteiger partial charge >= 0.3 is 11.9 Å². The zero-order valence-corrected chi connectivity index (χ0v) is 12.9. The molecule has 0 amide bonds. The zero-order valence-electron chi connectivity index (χ0n) is 12.9. The van der Waals surface area contributed by atoms with Gasteiger partial charge in [-0.05, 0) is 30.1 Å². The van der Waals surface area contributed by atoms with Gasteiger partial charge in [0.05, 0.1) is 11.8 Å². The van der Waals surface area contributed by atoms with Gasteiger partial charge in [-0.25, -0.2) is 0 Å². The summed E-state index contributed by atoms with van der Waals surface area (Å²) in [6, 6.07) is 0. The summed E-state index contributed by atoms with van der Waals surface area (Å²) in [5.41, 5.74) is -0.524. The summed E-state index contributed by atoms with van der Waals surface area (Å²) >= 11 is 0. The van der Waals surface area contributed by atoms with E-state index in [1.165, 1.54) is 0 Å². The molecule has 2 unspecified atom stereocenters. The van der Waals surface area contributed by atoms with E-state index in [4.69, 9.17) is 0 Å². The molecular weight excluding hydrogens is 244 g/mol. The predicted octanol–water partition coefficient (Wildman–Crippen LogP) is 3.51. The van der Waals surface area contributed by atoms with E-state index in [1.807, 2.05) is 41.5 Å².